The molecule has 1 aromatic carbocycles. The Balaban J connectivity index is 2.32. The Kier molecular flexibility index (Phi) is 8.08. The zero-order valence-electron chi connectivity index (χ0n) is 17.4. The zero-order chi connectivity index (χ0) is 23.4. The fourth-order valence-corrected chi connectivity index (χ4v) is 2.95. The van der Waals surface area contributed by atoms with E-state index in [1.807, 2.05) is 0 Å². The number of rotatable bonds is 5. The number of alkyl halides is 3. The number of esters is 1. The van der Waals surface area contributed by atoms with E-state index in [1.54, 1.807) is 45.0 Å². The molecule has 0 bridgehead atoms. The van der Waals surface area contributed by atoms with Crippen LogP contribution in [0.5, 0.6) is 0 Å². The first kappa shape index (κ1) is 25.1. The normalized spacial score (nSPS) is 12.9. The molecule has 1 N–H and O–H groups in total. The lowest BCUT2D eigenvalue weighted by Gasteiger charge is -2.22. The second-order valence-corrected chi connectivity index (χ2v) is 10.2. The summed E-state index contributed by atoms with van der Waals surface area (Å²) in [5.74, 6) is -0.665. The van der Waals surface area contributed by atoms with Crippen LogP contribution in [0.25, 0.3) is 10.9 Å². The van der Waals surface area contributed by atoms with Crippen LogP contribution in [0.2, 0.25) is 0 Å². The van der Waals surface area contributed by atoms with Crippen molar-refractivity contribution in [3.05, 3.63) is 36.0 Å². The summed E-state index contributed by atoms with van der Waals surface area (Å²) >= 11 is 16.9. The molecule has 0 aliphatic heterocycles. The van der Waals surface area contributed by atoms with E-state index >= 15 is 0 Å². The highest BCUT2D eigenvalue weighted by Crippen LogP contribution is 2.27. The Labute approximate surface area is 194 Å². The van der Waals surface area contributed by atoms with Crippen molar-refractivity contribution in [2.24, 2.45) is 0 Å². The summed E-state index contributed by atoms with van der Waals surface area (Å²) in [6, 6.07) is 5.93. The first-order chi connectivity index (χ1) is 14.3. The Morgan fingerprint density at radius 2 is 1.77 bits per heavy atom. The van der Waals surface area contributed by atoms with Gasteiger partial charge in [-0.1, -0.05) is 53.0 Å². The van der Waals surface area contributed by atoms with E-state index in [0.717, 1.165) is 0 Å². The number of ether oxygens (including phenoxy) is 3. The van der Waals surface area contributed by atoms with Crippen LogP contribution in [-0.4, -0.2) is 51.9 Å². The fourth-order valence-electron chi connectivity index (χ4n) is 2.78. The number of nitrogens with zero attached hydrogens (tertiary/aromatic N) is 1. The van der Waals surface area contributed by atoms with Crippen molar-refractivity contribution in [2.45, 2.75) is 42.6 Å². The number of halogens is 3. The van der Waals surface area contributed by atoms with Crippen molar-refractivity contribution >= 4 is 63.9 Å². The van der Waals surface area contributed by atoms with Crippen LogP contribution in [0.3, 0.4) is 0 Å². The Morgan fingerprint density at radius 1 is 1.13 bits per heavy atom. The van der Waals surface area contributed by atoms with Crippen LogP contribution in [0, 0.1) is 0 Å². The number of alkyl carbamates (subject to hydrolysis) is 1. The van der Waals surface area contributed by atoms with E-state index in [-0.39, 0.29) is 6.42 Å². The third-order valence-corrected chi connectivity index (χ3v) is 4.28. The number of nitrogens with one attached hydrogen (secondary N) is 1. The first-order valence-corrected chi connectivity index (χ1v) is 10.3. The zero-order valence-corrected chi connectivity index (χ0v) is 19.7. The number of carbonyl (C=O) groups is 3. The van der Waals surface area contributed by atoms with Crippen LogP contribution in [0.4, 0.5) is 9.59 Å². The van der Waals surface area contributed by atoms with E-state index in [2.05, 4.69) is 5.32 Å². The molecule has 8 nitrogen and oxygen atoms in total. The predicted octanol–water partition coefficient (Wildman–Crippen LogP) is 4.61. The van der Waals surface area contributed by atoms with E-state index in [0.29, 0.717) is 16.5 Å². The number of amides is 1. The van der Waals surface area contributed by atoms with Gasteiger partial charge in [-0.25, -0.2) is 14.4 Å². The van der Waals surface area contributed by atoms with Gasteiger partial charge in [-0.2, -0.15) is 0 Å². The molecule has 0 unspecified atom stereocenters. The number of hydrogen-bond donors (Lipinski definition) is 1. The summed E-state index contributed by atoms with van der Waals surface area (Å²) in [7, 11) is 1.21. The van der Waals surface area contributed by atoms with Crippen LogP contribution < -0.4 is 5.32 Å². The summed E-state index contributed by atoms with van der Waals surface area (Å²) in [6.45, 7) is 4.67. The molecule has 2 aromatic rings. The van der Waals surface area contributed by atoms with E-state index in [1.165, 1.54) is 17.9 Å². The van der Waals surface area contributed by atoms with E-state index in [9.17, 15) is 14.4 Å². The minimum absolute atomic E-state index is 0.0389. The maximum atomic E-state index is 12.5. The molecule has 1 aromatic heterocycles. The maximum absolute atomic E-state index is 12.5. The quantitative estimate of drug-likeness (QED) is 0.371. The number of methoxy groups -OCH3 is 1. The number of aromatic nitrogens is 1. The van der Waals surface area contributed by atoms with Gasteiger partial charge in [0.05, 0.1) is 12.6 Å². The summed E-state index contributed by atoms with van der Waals surface area (Å²) in [5, 5.41) is 3.18. The molecule has 0 radical (unpaired) electrons. The number of benzene rings is 1. The highest BCUT2D eigenvalue weighted by molar-refractivity contribution is 6.67. The largest absolute Gasteiger partial charge is 0.467 e. The lowest BCUT2D eigenvalue weighted by Crippen LogP contribution is -2.45. The summed E-state index contributed by atoms with van der Waals surface area (Å²) in [5.41, 5.74) is 0.369. The van der Waals surface area contributed by atoms with Gasteiger partial charge in [0.15, 0.2) is 0 Å². The molecule has 1 amide bonds. The average molecular weight is 494 g/mol. The van der Waals surface area contributed by atoms with Crippen molar-refractivity contribution < 1.29 is 28.6 Å². The highest BCUT2D eigenvalue weighted by atomic mass is 35.6. The van der Waals surface area contributed by atoms with Gasteiger partial charge in [0.25, 0.3) is 0 Å². The molecule has 1 heterocycles. The summed E-state index contributed by atoms with van der Waals surface area (Å²) < 4.78 is 14.6. The monoisotopic (exact) mass is 492 g/mol. The minimum Gasteiger partial charge on any atom is -0.467 e. The van der Waals surface area contributed by atoms with Crippen molar-refractivity contribution in [1.82, 2.24) is 9.88 Å². The molecule has 2 rings (SSSR count). The van der Waals surface area contributed by atoms with E-state index < -0.39 is 40.2 Å². The van der Waals surface area contributed by atoms with Gasteiger partial charge in [-0.3, -0.25) is 4.57 Å². The van der Waals surface area contributed by atoms with Crippen molar-refractivity contribution in [3.63, 3.8) is 0 Å². The molecular formula is C20H23Cl3N2O6. The average Bonchev–Trinajstić information content (AvgIpc) is 3.01. The third kappa shape index (κ3) is 7.48. The van der Waals surface area contributed by atoms with Crippen molar-refractivity contribution in [1.29, 1.82) is 0 Å². The molecule has 0 saturated heterocycles. The molecule has 0 spiro atoms. The van der Waals surface area contributed by atoms with Crippen LogP contribution >= 0.6 is 34.8 Å². The summed E-state index contributed by atoms with van der Waals surface area (Å²) in [6.07, 6.45) is 0.00660. The van der Waals surface area contributed by atoms with Gasteiger partial charge < -0.3 is 19.5 Å². The molecule has 0 aliphatic rings. The number of fused-ring (bicyclic) bond motifs is 1. The molecule has 0 fully saturated rings. The SMILES string of the molecule is COC(=O)[C@H](Cc1cn(C(=O)OCC(Cl)(Cl)Cl)c2ccccc12)NC(=O)OC(C)(C)C. The molecular weight excluding hydrogens is 471 g/mol. The highest BCUT2D eigenvalue weighted by Gasteiger charge is 2.28. The van der Waals surface area contributed by atoms with Gasteiger partial charge >= 0.3 is 18.2 Å². The second-order valence-electron chi connectivity index (χ2n) is 7.64. The van der Waals surface area contributed by atoms with Gasteiger partial charge in [0, 0.05) is 18.0 Å². The Hall–Kier alpha value is -2.16. The summed E-state index contributed by atoms with van der Waals surface area (Å²) in [4.78, 5) is 37.0. The fraction of sp³-hybridized carbons (Fsp3) is 0.450. The molecule has 0 aliphatic carbocycles. The smallest absolute Gasteiger partial charge is 0.418 e. The van der Waals surface area contributed by atoms with Crippen LogP contribution in [0.15, 0.2) is 30.5 Å². The Morgan fingerprint density at radius 3 is 2.35 bits per heavy atom. The lowest BCUT2D eigenvalue weighted by molar-refractivity contribution is -0.143. The maximum Gasteiger partial charge on any atom is 0.418 e. The van der Waals surface area contributed by atoms with E-state index in [4.69, 9.17) is 49.0 Å². The van der Waals surface area contributed by atoms with Gasteiger partial charge in [-0.05, 0) is 32.4 Å². The topological polar surface area (TPSA) is 95.9 Å². The van der Waals surface area contributed by atoms with Gasteiger partial charge in [-0.15, -0.1) is 0 Å². The lowest BCUT2D eigenvalue weighted by atomic mass is 10.1. The van der Waals surface area contributed by atoms with Crippen molar-refractivity contribution in [2.75, 3.05) is 13.7 Å². The second kappa shape index (κ2) is 9.97. The number of para-hydroxylation sites is 1. The van der Waals surface area contributed by atoms with Gasteiger partial charge in [0.2, 0.25) is 3.79 Å². The number of carbonyl (C=O) groups excluding carboxylic acids is 3. The van der Waals surface area contributed by atoms with Crippen molar-refractivity contribution in [3.8, 4) is 0 Å². The standard InChI is InChI=1S/C20H23Cl3N2O6/c1-19(2,3)31-17(27)24-14(16(26)29-4)9-12-10-25(15-8-6-5-7-13(12)15)18(28)30-11-20(21,22)23/h5-8,10,14H,9,11H2,1-4H3,(H,24,27)/t14-/m0/s1. The van der Waals surface area contributed by atoms with Crippen LogP contribution in [0.1, 0.15) is 26.3 Å². The Bertz CT molecular complexity index is 962. The molecule has 31 heavy (non-hydrogen) atoms. The minimum atomic E-state index is -1.76. The first-order valence-electron chi connectivity index (χ1n) is 9.21. The predicted molar refractivity (Wildman–Crippen MR) is 118 cm³/mol. The molecule has 0 saturated carbocycles. The molecule has 1 atom stereocenters. The molecule has 11 heteroatoms. The number of hydrogen-bond acceptors (Lipinski definition) is 6. The molecule has 170 valence electrons. The third-order valence-electron chi connectivity index (χ3n) is 3.95. The van der Waals surface area contributed by atoms with Gasteiger partial charge in [0.1, 0.15) is 18.2 Å². The van der Waals surface area contributed by atoms with Crippen LogP contribution in [-0.2, 0) is 25.4 Å².